The summed E-state index contributed by atoms with van der Waals surface area (Å²) in [5.41, 5.74) is 17.1. The van der Waals surface area contributed by atoms with Crippen LogP contribution in [0.15, 0.2) is 158 Å². The predicted molar refractivity (Wildman–Crippen MR) is 355 cm³/mol. The first kappa shape index (κ1) is 76.4. The maximum atomic E-state index is 13.1. The van der Waals surface area contributed by atoms with Crippen LogP contribution in [0.5, 0.6) is 0 Å². The Balaban J connectivity index is 0.000000197. The van der Waals surface area contributed by atoms with Crippen LogP contribution in [0.4, 0.5) is 47.4 Å². The van der Waals surface area contributed by atoms with Crippen molar-refractivity contribution in [1.82, 2.24) is 89.9 Å². The zero-order valence-corrected chi connectivity index (χ0v) is 55.0. The molecule has 520 valence electrons. The number of hydrogen-bond donors (Lipinski definition) is 1. The number of nitrogens with zero attached hydrogens (tertiary/aromatic N) is 25. The van der Waals surface area contributed by atoms with Gasteiger partial charge in [0.05, 0.1) is 72.8 Å². The molecule has 0 radical (unpaired) electrons. The van der Waals surface area contributed by atoms with E-state index in [1.54, 1.807) is 52.2 Å². The lowest BCUT2D eigenvalue weighted by atomic mass is 9.99. The minimum atomic E-state index is -4.48. The van der Waals surface area contributed by atoms with Gasteiger partial charge in [0.1, 0.15) is 41.5 Å². The average molecular weight is 1400 g/mol. The number of alkyl halides is 3. The number of fused-ring (bicyclic) bond motifs is 1. The van der Waals surface area contributed by atoms with Crippen LogP contribution in [0, 0.1) is 58.2 Å². The Bertz CT molecular complexity index is 4470. The number of hydrogen-bond acceptors (Lipinski definition) is 25. The predicted octanol–water partition coefficient (Wildman–Crippen LogP) is 12.2. The molecule has 11 rings (SSSR count). The molecule has 2 N–H and O–H groups in total. The van der Waals surface area contributed by atoms with E-state index >= 15 is 0 Å². The maximum absolute atomic E-state index is 13.1. The van der Waals surface area contributed by atoms with Gasteiger partial charge in [0.15, 0.2) is 23.1 Å². The van der Waals surface area contributed by atoms with Gasteiger partial charge in [-0.2, -0.15) is 17.7 Å². The van der Waals surface area contributed by atoms with Gasteiger partial charge in [-0.1, -0.05) is 93.0 Å². The van der Waals surface area contributed by atoms with E-state index in [2.05, 4.69) is 123 Å². The number of Topliss-reactive ketones (excluding diaryl/α,β-unsaturated/α-hetero) is 1. The number of nitro groups is 4. The quantitative estimate of drug-likeness (QED) is 0.0174. The fourth-order valence-corrected chi connectivity index (χ4v) is 8.17. The number of pyridine rings is 6. The van der Waals surface area contributed by atoms with Crippen LogP contribution in [0.25, 0.3) is 33.5 Å². The number of halogens is 4. The van der Waals surface area contributed by atoms with Crippen molar-refractivity contribution in [2.75, 3.05) is 5.73 Å². The number of carbonyl (C=O) groups excluding carboxylic acids is 1. The van der Waals surface area contributed by atoms with Gasteiger partial charge in [0.2, 0.25) is 0 Å². The van der Waals surface area contributed by atoms with Crippen LogP contribution in [0.2, 0.25) is 5.15 Å². The zero-order chi connectivity index (χ0) is 72.9. The molecule has 10 heterocycles. The van der Waals surface area contributed by atoms with Gasteiger partial charge < -0.3 is 5.73 Å². The first-order chi connectivity index (χ1) is 47.6. The first-order valence-electron chi connectivity index (χ1n) is 30.1. The van der Waals surface area contributed by atoms with Crippen molar-refractivity contribution < 1.29 is 37.7 Å². The third kappa shape index (κ3) is 25.5. The first-order valence-corrected chi connectivity index (χ1v) is 30.4. The van der Waals surface area contributed by atoms with E-state index in [-0.39, 0.29) is 57.9 Å². The fourth-order valence-electron chi connectivity index (χ4n) is 8.06. The number of carbonyl (C=O) groups is 1. The van der Waals surface area contributed by atoms with Gasteiger partial charge >= 0.3 is 6.18 Å². The van der Waals surface area contributed by atoms with Crippen molar-refractivity contribution in [3.8, 4) is 17.5 Å². The van der Waals surface area contributed by atoms with Crippen molar-refractivity contribution in [2.24, 2.45) is 22.9 Å². The van der Waals surface area contributed by atoms with Crippen molar-refractivity contribution in [3.05, 3.63) is 243 Å². The molecule has 10 aromatic heterocycles. The van der Waals surface area contributed by atoms with Gasteiger partial charge in [0, 0.05) is 48.2 Å². The summed E-state index contributed by atoms with van der Waals surface area (Å²) in [5.74, 6) is 3.50. The standard InChI is InChI=1S/C22H23F3N4O.C12H15N5O2.C12H17N5.C5H3ClN2O2.2C5H3N5O2/c1-15(2)7-9-18-14-29(28-27-18)21-10-8-16(13-26-21)11-19(30)12-17-5-3-4-6-20(17)22(23,24)25;1-9(2)3-4-10-8-16(15-14-10)12-6-5-11(7-13-12)17(18)19;1-9(2)3-5-11-8-17(16-15-11)12-6-4-10(13)7-14-12;6-5-2-1-4(3-7-5)8(9)10;11-10(12)4-1-2-5-6-7-8-9(5)3-4;6-9-8-5-2-1-4(3-7-5)10(11)12/h3-6,8,10,13-15H,7,9,11-12H2,1-2H3;5-9H,3-4H2,1-2H3;4,6-9H,3,5,13H2,1-2H3;1-3H;2*1-3H. The van der Waals surface area contributed by atoms with Crippen LogP contribution in [0.1, 0.15) is 94.6 Å². The molecule has 0 fully saturated rings. The van der Waals surface area contributed by atoms with Crippen LogP contribution < -0.4 is 5.73 Å². The van der Waals surface area contributed by atoms with Gasteiger partial charge in [-0.3, -0.25) is 45.3 Å². The second-order valence-electron chi connectivity index (χ2n) is 22.5. The number of tetrazole rings is 1. The second-order valence-corrected chi connectivity index (χ2v) is 22.8. The Hall–Kier alpha value is -12.6. The summed E-state index contributed by atoms with van der Waals surface area (Å²) >= 11 is 5.38. The molecule has 0 saturated carbocycles. The monoisotopic (exact) mass is 1400 g/mol. The number of nitrogens with two attached hydrogens (primary N) is 1. The van der Waals surface area contributed by atoms with Crippen molar-refractivity contribution in [2.45, 2.75) is 99.1 Å². The van der Waals surface area contributed by atoms with E-state index in [0.717, 1.165) is 79.9 Å². The Morgan fingerprint density at radius 1 is 0.550 bits per heavy atom. The number of nitrogen functional groups attached to an aromatic ring is 1. The Morgan fingerprint density at radius 2 is 1.01 bits per heavy atom. The second kappa shape index (κ2) is 37.6. The van der Waals surface area contributed by atoms with E-state index in [4.69, 9.17) is 22.9 Å². The van der Waals surface area contributed by atoms with Gasteiger partial charge in [-0.05, 0) is 137 Å². The lowest BCUT2D eigenvalue weighted by Crippen LogP contribution is -2.14. The number of aryl methyl sites for hydroxylation is 3. The summed E-state index contributed by atoms with van der Waals surface area (Å²) in [6.07, 6.45) is 14.4. The molecule has 1 aromatic carbocycles. The topological polar surface area (TPSA) is 464 Å². The number of benzene rings is 1. The maximum Gasteiger partial charge on any atom is 0.416 e. The Kier molecular flexibility index (Phi) is 28.8. The largest absolute Gasteiger partial charge is 0.416 e. The van der Waals surface area contributed by atoms with E-state index in [0.29, 0.717) is 46.3 Å². The molecular weight excluding hydrogens is 1330 g/mol. The molecule has 0 aliphatic heterocycles. The molecule has 0 saturated heterocycles. The highest BCUT2D eigenvalue weighted by atomic mass is 35.5. The Morgan fingerprint density at radius 3 is 1.43 bits per heavy atom. The lowest BCUT2D eigenvalue weighted by Gasteiger charge is -2.12. The fraction of sp³-hybridized carbons (Fsp3) is 0.295. The molecule has 35 nitrogen and oxygen atoms in total. The lowest BCUT2D eigenvalue weighted by molar-refractivity contribution is -0.385. The summed E-state index contributed by atoms with van der Waals surface area (Å²) in [7, 11) is 0. The molecule has 100 heavy (non-hydrogen) atoms. The average Bonchev–Trinajstić information content (AvgIpc) is 1.66. The van der Waals surface area contributed by atoms with Crippen molar-refractivity contribution in [1.29, 1.82) is 0 Å². The third-order valence-electron chi connectivity index (χ3n) is 13.3. The molecule has 39 heteroatoms. The molecule has 0 bridgehead atoms. The molecule has 0 spiro atoms. The van der Waals surface area contributed by atoms with E-state index < -0.39 is 31.4 Å². The number of anilines is 1. The number of ketones is 1. The highest BCUT2D eigenvalue weighted by Gasteiger charge is 2.33. The van der Waals surface area contributed by atoms with Gasteiger partial charge in [0.25, 0.3) is 22.7 Å². The van der Waals surface area contributed by atoms with E-state index in [1.165, 1.54) is 82.3 Å². The van der Waals surface area contributed by atoms with Crippen LogP contribution in [-0.2, 0) is 43.1 Å². The van der Waals surface area contributed by atoms with Gasteiger partial charge in [-0.25, -0.2) is 39.0 Å². The van der Waals surface area contributed by atoms with Crippen LogP contribution in [0.3, 0.4) is 0 Å². The summed E-state index contributed by atoms with van der Waals surface area (Å²) in [6, 6.07) is 23.2. The molecule has 0 aliphatic rings. The Labute approximate surface area is 570 Å². The van der Waals surface area contributed by atoms with Crippen molar-refractivity contribution >= 4 is 57.3 Å². The molecule has 0 unspecified atom stereocenters. The highest BCUT2D eigenvalue weighted by Crippen LogP contribution is 2.32. The van der Waals surface area contributed by atoms with E-state index in [1.807, 2.05) is 18.5 Å². The number of aromatic nitrogens is 18. The molecule has 0 atom stereocenters. The zero-order valence-electron chi connectivity index (χ0n) is 54.3. The number of rotatable bonds is 21. The molecular formula is C61H64ClF3N26O9. The molecule has 0 amide bonds. The minimum Gasteiger partial charge on any atom is -0.397 e. The number of azide groups is 1. The molecule has 0 aliphatic carbocycles. The van der Waals surface area contributed by atoms with E-state index in [9.17, 15) is 58.4 Å². The minimum absolute atomic E-state index is 0.0104. The van der Waals surface area contributed by atoms with Crippen LogP contribution >= 0.6 is 11.6 Å². The summed E-state index contributed by atoms with van der Waals surface area (Å²) in [6.45, 7) is 13.0. The smallest absolute Gasteiger partial charge is 0.397 e. The van der Waals surface area contributed by atoms with Crippen molar-refractivity contribution in [3.63, 3.8) is 0 Å². The highest BCUT2D eigenvalue weighted by molar-refractivity contribution is 6.29. The van der Waals surface area contributed by atoms with Gasteiger partial charge in [-0.15, -0.1) is 20.4 Å². The molecule has 11 aromatic rings. The third-order valence-corrected chi connectivity index (χ3v) is 13.5. The summed E-state index contributed by atoms with van der Waals surface area (Å²) in [4.78, 5) is 73.3. The normalized spacial score (nSPS) is 10.7. The summed E-state index contributed by atoms with van der Waals surface area (Å²) in [5, 5.41) is 79.3. The van der Waals surface area contributed by atoms with Crippen LogP contribution in [-0.4, -0.2) is 115 Å². The SMILES string of the molecule is CC(C)CCc1cn(-c2ccc(CC(=O)Cc3ccccc3C(F)(F)F)cn2)nn1.CC(C)CCc1cn(-c2ccc(N)cn2)nn1.CC(C)CCc1cn(-c2ccc([N+](=O)[O-])cn2)nn1.O=[N+]([O-])c1ccc(Cl)nc1.O=[N+]([O-])c1ccc2nnnn2c1.[N-]=[N+]=Nc1ccc([N+](=O)[O-])cn1. The summed E-state index contributed by atoms with van der Waals surface area (Å²) < 4.78 is 45.3.